The Hall–Kier alpha value is -1.85. The summed E-state index contributed by atoms with van der Waals surface area (Å²) in [5.41, 5.74) is 2.33. The SMILES string of the molecule is CNCc1cccc2ccn(CC(=O)NCCCOC)c12. The molecule has 1 aromatic heterocycles. The molecule has 0 aliphatic carbocycles. The zero-order valence-corrected chi connectivity index (χ0v) is 12.7. The topological polar surface area (TPSA) is 55.3 Å². The number of fused-ring (bicyclic) bond motifs is 1. The number of benzene rings is 1. The van der Waals surface area contributed by atoms with Gasteiger partial charge in [0.15, 0.2) is 0 Å². The second-order valence-corrected chi connectivity index (χ2v) is 5.03. The van der Waals surface area contributed by atoms with E-state index >= 15 is 0 Å². The highest BCUT2D eigenvalue weighted by molar-refractivity contribution is 5.85. The largest absolute Gasteiger partial charge is 0.385 e. The van der Waals surface area contributed by atoms with Gasteiger partial charge in [0.25, 0.3) is 0 Å². The number of amides is 1. The molecule has 1 aromatic carbocycles. The van der Waals surface area contributed by atoms with Crippen molar-refractivity contribution in [2.24, 2.45) is 0 Å². The lowest BCUT2D eigenvalue weighted by Gasteiger charge is -2.10. The van der Waals surface area contributed by atoms with Gasteiger partial charge in [0, 0.05) is 33.0 Å². The van der Waals surface area contributed by atoms with Gasteiger partial charge in [0.2, 0.25) is 5.91 Å². The van der Waals surface area contributed by atoms with E-state index in [0.717, 1.165) is 23.9 Å². The number of nitrogens with zero attached hydrogens (tertiary/aromatic N) is 1. The number of methoxy groups -OCH3 is 1. The molecule has 5 nitrogen and oxygen atoms in total. The molecule has 1 amide bonds. The molecular formula is C16H23N3O2. The first-order valence-electron chi connectivity index (χ1n) is 7.23. The van der Waals surface area contributed by atoms with Gasteiger partial charge in [-0.05, 0) is 30.5 Å². The standard InChI is InChI=1S/C16H23N3O2/c1-17-11-14-6-3-5-13-7-9-19(16(13)14)12-15(20)18-8-4-10-21-2/h3,5-7,9,17H,4,8,10-12H2,1-2H3,(H,18,20). The average molecular weight is 289 g/mol. The fourth-order valence-corrected chi connectivity index (χ4v) is 2.46. The van der Waals surface area contributed by atoms with Gasteiger partial charge in [-0.3, -0.25) is 4.79 Å². The average Bonchev–Trinajstić information content (AvgIpc) is 2.88. The third kappa shape index (κ3) is 4.06. The number of nitrogens with one attached hydrogen (secondary N) is 2. The lowest BCUT2D eigenvalue weighted by Crippen LogP contribution is -2.28. The number of rotatable bonds is 8. The molecular weight excluding hydrogens is 266 g/mol. The molecule has 0 saturated carbocycles. The van der Waals surface area contributed by atoms with Gasteiger partial charge in [-0.15, -0.1) is 0 Å². The van der Waals surface area contributed by atoms with Crippen LogP contribution in [0.25, 0.3) is 10.9 Å². The van der Waals surface area contributed by atoms with Crippen molar-refractivity contribution in [2.75, 3.05) is 27.3 Å². The Morgan fingerprint density at radius 3 is 2.95 bits per heavy atom. The number of para-hydroxylation sites is 1. The summed E-state index contributed by atoms with van der Waals surface area (Å²) in [7, 11) is 3.59. The molecule has 0 bridgehead atoms. The van der Waals surface area contributed by atoms with Gasteiger partial charge < -0.3 is 19.9 Å². The Morgan fingerprint density at radius 2 is 2.19 bits per heavy atom. The maximum absolute atomic E-state index is 12.0. The van der Waals surface area contributed by atoms with Crippen LogP contribution in [0.15, 0.2) is 30.5 Å². The van der Waals surface area contributed by atoms with Crippen molar-refractivity contribution in [3.63, 3.8) is 0 Å². The van der Waals surface area contributed by atoms with E-state index in [2.05, 4.69) is 22.8 Å². The highest BCUT2D eigenvalue weighted by atomic mass is 16.5. The third-order valence-electron chi connectivity index (χ3n) is 3.40. The van der Waals surface area contributed by atoms with Crippen LogP contribution in [0.3, 0.4) is 0 Å². The van der Waals surface area contributed by atoms with Crippen LogP contribution in [0.2, 0.25) is 0 Å². The number of hydrogen-bond acceptors (Lipinski definition) is 3. The van der Waals surface area contributed by atoms with Crippen LogP contribution in [0, 0.1) is 0 Å². The van der Waals surface area contributed by atoms with Crippen LogP contribution in [0.1, 0.15) is 12.0 Å². The number of carbonyl (C=O) groups excluding carboxylic acids is 1. The van der Waals surface area contributed by atoms with Gasteiger partial charge in [-0.2, -0.15) is 0 Å². The molecule has 0 unspecified atom stereocenters. The van der Waals surface area contributed by atoms with Crippen molar-refractivity contribution in [3.05, 3.63) is 36.0 Å². The first-order valence-corrected chi connectivity index (χ1v) is 7.23. The van der Waals surface area contributed by atoms with Crippen molar-refractivity contribution in [3.8, 4) is 0 Å². The molecule has 0 spiro atoms. The van der Waals surface area contributed by atoms with Gasteiger partial charge in [-0.1, -0.05) is 18.2 Å². The molecule has 0 aliphatic heterocycles. The predicted octanol–water partition coefficient (Wildman–Crippen LogP) is 1.51. The summed E-state index contributed by atoms with van der Waals surface area (Å²) in [4.78, 5) is 12.0. The molecule has 0 fully saturated rings. The Kier molecular flexibility index (Phi) is 5.78. The third-order valence-corrected chi connectivity index (χ3v) is 3.40. The Bertz CT molecular complexity index is 592. The van der Waals surface area contributed by atoms with E-state index in [1.807, 2.05) is 29.9 Å². The number of aromatic nitrogens is 1. The van der Waals surface area contributed by atoms with E-state index in [0.29, 0.717) is 19.7 Å². The molecule has 5 heteroatoms. The molecule has 0 atom stereocenters. The van der Waals surface area contributed by atoms with Crippen molar-refractivity contribution >= 4 is 16.8 Å². The predicted molar refractivity (Wildman–Crippen MR) is 84.2 cm³/mol. The summed E-state index contributed by atoms with van der Waals surface area (Å²) < 4.78 is 6.97. The van der Waals surface area contributed by atoms with E-state index in [-0.39, 0.29) is 5.91 Å². The Balaban J connectivity index is 2.06. The zero-order chi connectivity index (χ0) is 15.1. The lowest BCUT2D eigenvalue weighted by molar-refractivity contribution is -0.121. The highest BCUT2D eigenvalue weighted by Gasteiger charge is 2.09. The van der Waals surface area contributed by atoms with E-state index in [4.69, 9.17) is 4.74 Å². The van der Waals surface area contributed by atoms with Crippen LogP contribution in [-0.2, 0) is 22.6 Å². The van der Waals surface area contributed by atoms with E-state index in [1.54, 1.807) is 7.11 Å². The summed E-state index contributed by atoms with van der Waals surface area (Å²) in [6.45, 7) is 2.45. The Morgan fingerprint density at radius 1 is 1.33 bits per heavy atom. The van der Waals surface area contributed by atoms with Crippen LogP contribution >= 0.6 is 0 Å². The van der Waals surface area contributed by atoms with Crippen LogP contribution in [-0.4, -0.2) is 37.8 Å². The summed E-state index contributed by atoms with van der Waals surface area (Å²) in [5.74, 6) is 0.0304. The quantitative estimate of drug-likeness (QED) is 0.724. The Labute approximate surface area is 125 Å². The lowest BCUT2D eigenvalue weighted by atomic mass is 10.1. The fraction of sp³-hybridized carbons (Fsp3) is 0.438. The minimum absolute atomic E-state index is 0.0304. The highest BCUT2D eigenvalue weighted by Crippen LogP contribution is 2.20. The second kappa shape index (κ2) is 7.81. The van der Waals surface area contributed by atoms with Crippen LogP contribution < -0.4 is 10.6 Å². The van der Waals surface area contributed by atoms with Gasteiger partial charge in [0.05, 0.1) is 5.52 Å². The first-order chi connectivity index (χ1) is 10.3. The molecule has 0 radical (unpaired) electrons. The minimum atomic E-state index is 0.0304. The van der Waals surface area contributed by atoms with E-state index in [9.17, 15) is 4.79 Å². The summed E-state index contributed by atoms with van der Waals surface area (Å²) in [6.07, 6.45) is 2.80. The summed E-state index contributed by atoms with van der Waals surface area (Å²) >= 11 is 0. The van der Waals surface area contributed by atoms with Gasteiger partial charge in [-0.25, -0.2) is 0 Å². The fourth-order valence-electron chi connectivity index (χ4n) is 2.46. The monoisotopic (exact) mass is 289 g/mol. The molecule has 114 valence electrons. The van der Waals surface area contributed by atoms with Crippen LogP contribution in [0.4, 0.5) is 0 Å². The van der Waals surface area contributed by atoms with Crippen LogP contribution in [0.5, 0.6) is 0 Å². The number of carbonyl (C=O) groups is 1. The number of ether oxygens (including phenoxy) is 1. The van der Waals surface area contributed by atoms with Crippen molar-refractivity contribution in [1.29, 1.82) is 0 Å². The molecule has 21 heavy (non-hydrogen) atoms. The van der Waals surface area contributed by atoms with Crippen molar-refractivity contribution in [1.82, 2.24) is 15.2 Å². The molecule has 1 heterocycles. The summed E-state index contributed by atoms with van der Waals surface area (Å²) in [5, 5.41) is 7.25. The number of hydrogen-bond donors (Lipinski definition) is 2. The maximum atomic E-state index is 12.0. The van der Waals surface area contributed by atoms with Gasteiger partial charge in [0.1, 0.15) is 6.54 Å². The molecule has 2 aromatic rings. The molecule has 0 saturated heterocycles. The molecule has 2 rings (SSSR count). The molecule has 0 aliphatic rings. The normalized spacial score (nSPS) is 11.0. The van der Waals surface area contributed by atoms with Crippen molar-refractivity contribution in [2.45, 2.75) is 19.5 Å². The van der Waals surface area contributed by atoms with Crippen molar-refractivity contribution < 1.29 is 9.53 Å². The molecule has 2 N–H and O–H groups in total. The van der Waals surface area contributed by atoms with Gasteiger partial charge >= 0.3 is 0 Å². The van der Waals surface area contributed by atoms with E-state index in [1.165, 1.54) is 5.56 Å². The first kappa shape index (κ1) is 15.5. The van der Waals surface area contributed by atoms with E-state index < -0.39 is 0 Å². The minimum Gasteiger partial charge on any atom is -0.385 e. The summed E-state index contributed by atoms with van der Waals surface area (Å²) in [6, 6.07) is 8.25. The smallest absolute Gasteiger partial charge is 0.239 e. The maximum Gasteiger partial charge on any atom is 0.239 e. The zero-order valence-electron chi connectivity index (χ0n) is 12.7. The second-order valence-electron chi connectivity index (χ2n) is 5.03.